The summed E-state index contributed by atoms with van der Waals surface area (Å²) in [7, 11) is 0. The van der Waals surface area contributed by atoms with E-state index in [2.05, 4.69) is 31.2 Å². The van der Waals surface area contributed by atoms with Crippen molar-refractivity contribution in [1.29, 1.82) is 0 Å². The minimum atomic E-state index is 0.376. The molecule has 0 aliphatic heterocycles. The van der Waals surface area contributed by atoms with Crippen LogP contribution in [-0.2, 0) is 0 Å². The Bertz CT molecular complexity index is 345. The first-order valence-corrected chi connectivity index (χ1v) is 7.69. The molecule has 2 N–H and O–H groups in total. The molecule has 1 nitrogen and oxygen atoms in total. The second-order valence-corrected chi connectivity index (χ2v) is 6.28. The van der Waals surface area contributed by atoms with E-state index in [4.69, 9.17) is 5.73 Å². The molecule has 1 aliphatic carbocycles. The highest BCUT2D eigenvalue weighted by molar-refractivity contribution is 7.99. The van der Waals surface area contributed by atoms with Gasteiger partial charge in [-0.05, 0) is 37.8 Å². The maximum atomic E-state index is 6.31. The van der Waals surface area contributed by atoms with Gasteiger partial charge in [-0.3, -0.25) is 0 Å². The van der Waals surface area contributed by atoms with E-state index in [1.807, 2.05) is 11.8 Å². The Morgan fingerprint density at radius 2 is 2.06 bits per heavy atom. The summed E-state index contributed by atoms with van der Waals surface area (Å²) >= 11 is 1.91. The molecule has 1 atom stereocenters. The molecule has 2 heteroatoms. The maximum absolute atomic E-state index is 6.31. The van der Waals surface area contributed by atoms with Gasteiger partial charge in [0.05, 0.1) is 0 Å². The van der Waals surface area contributed by atoms with Gasteiger partial charge < -0.3 is 5.73 Å². The van der Waals surface area contributed by atoms with Crippen LogP contribution in [0.15, 0.2) is 29.2 Å². The van der Waals surface area contributed by atoms with Crippen molar-refractivity contribution in [3.8, 4) is 0 Å². The van der Waals surface area contributed by atoms with Crippen LogP contribution in [0.3, 0.4) is 0 Å². The third-order valence-corrected chi connectivity index (χ3v) is 4.83. The number of rotatable bonds is 4. The second-order valence-electron chi connectivity index (χ2n) is 5.19. The molecule has 0 bridgehead atoms. The molecule has 17 heavy (non-hydrogen) atoms. The maximum Gasteiger partial charge on any atom is 0.0162 e. The lowest BCUT2D eigenvalue weighted by molar-refractivity contribution is 0.319. The Balaban J connectivity index is 1.80. The zero-order valence-electron chi connectivity index (χ0n) is 10.7. The first-order chi connectivity index (χ1) is 8.25. The van der Waals surface area contributed by atoms with E-state index in [0.717, 1.165) is 11.7 Å². The number of hydrogen-bond donors (Lipinski definition) is 1. The van der Waals surface area contributed by atoms with Crippen molar-refractivity contribution in [2.75, 3.05) is 5.75 Å². The molecule has 1 aliphatic rings. The predicted molar refractivity (Wildman–Crippen MR) is 76.5 cm³/mol. The number of benzene rings is 1. The van der Waals surface area contributed by atoms with E-state index < -0.39 is 0 Å². The molecule has 0 aromatic heterocycles. The minimum absolute atomic E-state index is 0.376. The summed E-state index contributed by atoms with van der Waals surface area (Å²) in [6, 6.07) is 9.08. The molecule has 0 radical (unpaired) electrons. The van der Waals surface area contributed by atoms with Crippen molar-refractivity contribution >= 4 is 11.8 Å². The molecular formula is C15H23NS. The van der Waals surface area contributed by atoms with Gasteiger partial charge >= 0.3 is 0 Å². The smallest absolute Gasteiger partial charge is 0.0162 e. The molecule has 0 saturated heterocycles. The number of thioether (sulfide) groups is 1. The highest BCUT2D eigenvalue weighted by Crippen LogP contribution is 2.28. The second kappa shape index (κ2) is 6.46. The van der Waals surface area contributed by atoms with Gasteiger partial charge in [0.15, 0.2) is 0 Å². The Hall–Kier alpha value is -0.470. The number of aryl methyl sites for hydroxylation is 1. The van der Waals surface area contributed by atoms with Crippen LogP contribution in [0.5, 0.6) is 0 Å². The highest BCUT2D eigenvalue weighted by Gasteiger charge is 2.20. The van der Waals surface area contributed by atoms with Gasteiger partial charge in [-0.25, -0.2) is 0 Å². The molecule has 1 unspecified atom stereocenters. The lowest BCUT2D eigenvalue weighted by Crippen LogP contribution is -2.33. The standard InChI is InChI=1S/C15H23NS/c1-12-6-5-9-14(10-12)17-11-15(16)13-7-3-2-4-8-13/h5-6,9-10,13,15H,2-4,7-8,11,16H2,1H3. The normalized spacial score (nSPS) is 19.2. The van der Waals surface area contributed by atoms with E-state index in [1.165, 1.54) is 42.6 Å². The number of nitrogens with two attached hydrogens (primary N) is 1. The van der Waals surface area contributed by atoms with Gasteiger partial charge in [-0.15, -0.1) is 11.8 Å². The summed E-state index contributed by atoms with van der Waals surface area (Å²) < 4.78 is 0. The topological polar surface area (TPSA) is 26.0 Å². The van der Waals surface area contributed by atoms with Gasteiger partial charge in [0.1, 0.15) is 0 Å². The fourth-order valence-corrected chi connectivity index (χ4v) is 3.70. The summed E-state index contributed by atoms with van der Waals surface area (Å²) in [5.74, 6) is 1.83. The van der Waals surface area contributed by atoms with Gasteiger partial charge in [-0.2, -0.15) is 0 Å². The van der Waals surface area contributed by atoms with Gasteiger partial charge in [0.25, 0.3) is 0 Å². The van der Waals surface area contributed by atoms with Crippen molar-refractivity contribution in [2.45, 2.75) is 50.0 Å². The molecule has 1 saturated carbocycles. The Labute approximate surface area is 109 Å². The Kier molecular flexibility index (Phi) is 4.93. The zero-order chi connectivity index (χ0) is 12.1. The fourth-order valence-electron chi connectivity index (χ4n) is 2.60. The van der Waals surface area contributed by atoms with Crippen LogP contribution < -0.4 is 5.73 Å². The van der Waals surface area contributed by atoms with Gasteiger partial charge in [0, 0.05) is 16.7 Å². The highest BCUT2D eigenvalue weighted by atomic mass is 32.2. The monoisotopic (exact) mass is 249 g/mol. The van der Waals surface area contributed by atoms with Crippen molar-refractivity contribution in [2.24, 2.45) is 11.7 Å². The third kappa shape index (κ3) is 4.04. The van der Waals surface area contributed by atoms with Crippen LogP contribution in [0, 0.1) is 12.8 Å². The lowest BCUT2D eigenvalue weighted by atomic mass is 9.85. The van der Waals surface area contributed by atoms with Crippen LogP contribution in [0.1, 0.15) is 37.7 Å². The average molecular weight is 249 g/mol. The van der Waals surface area contributed by atoms with E-state index in [0.29, 0.717) is 6.04 Å². The quantitative estimate of drug-likeness (QED) is 0.816. The zero-order valence-corrected chi connectivity index (χ0v) is 11.5. The third-order valence-electron chi connectivity index (χ3n) is 3.69. The van der Waals surface area contributed by atoms with E-state index in [-0.39, 0.29) is 0 Å². The predicted octanol–water partition coefficient (Wildman–Crippen LogP) is 3.99. The molecule has 0 amide bonds. The molecule has 94 valence electrons. The van der Waals surface area contributed by atoms with Crippen molar-refractivity contribution in [3.05, 3.63) is 29.8 Å². The van der Waals surface area contributed by atoms with Crippen molar-refractivity contribution in [3.63, 3.8) is 0 Å². The first kappa shape index (κ1) is 13.0. The lowest BCUT2D eigenvalue weighted by Gasteiger charge is -2.27. The van der Waals surface area contributed by atoms with Crippen LogP contribution in [-0.4, -0.2) is 11.8 Å². The summed E-state index contributed by atoms with van der Waals surface area (Å²) in [5.41, 5.74) is 7.65. The van der Waals surface area contributed by atoms with Crippen LogP contribution in [0.2, 0.25) is 0 Å². The molecule has 1 aromatic rings. The van der Waals surface area contributed by atoms with E-state index in [9.17, 15) is 0 Å². The molecule has 0 heterocycles. The number of hydrogen-bond acceptors (Lipinski definition) is 2. The fraction of sp³-hybridized carbons (Fsp3) is 0.600. The SMILES string of the molecule is Cc1cccc(SCC(N)C2CCCCC2)c1. The van der Waals surface area contributed by atoms with Crippen LogP contribution in [0.4, 0.5) is 0 Å². The van der Waals surface area contributed by atoms with E-state index >= 15 is 0 Å². The van der Waals surface area contributed by atoms with Crippen molar-refractivity contribution in [1.82, 2.24) is 0 Å². The first-order valence-electron chi connectivity index (χ1n) is 6.71. The Morgan fingerprint density at radius 1 is 1.29 bits per heavy atom. The summed E-state index contributed by atoms with van der Waals surface area (Å²) in [6.45, 7) is 2.14. The summed E-state index contributed by atoms with van der Waals surface area (Å²) in [5, 5.41) is 0. The van der Waals surface area contributed by atoms with Crippen molar-refractivity contribution < 1.29 is 0 Å². The van der Waals surface area contributed by atoms with Crippen LogP contribution >= 0.6 is 11.8 Å². The van der Waals surface area contributed by atoms with E-state index in [1.54, 1.807) is 0 Å². The average Bonchev–Trinajstić information content (AvgIpc) is 2.37. The minimum Gasteiger partial charge on any atom is -0.327 e. The molecule has 1 aromatic carbocycles. The van der Waals surface area contributed by atoms with Gasteiger partial charge in [-0.1, -0.05) is 37.0 Å². The molecule has 1 fully saturated rings. The Morgan fingerprint density at radius 3 is 2.76 bits per heavy atom. The molecule has 2 rings (SSSR count). The summed E-state index contributed by atoms with van der Waals surface area (Å²) in [6.07, 6.45) is 6.86. The summed E-state index contributed by atoms with van der Waals surface area (Å²) in [4.78, 5) is 1.36. The van der Waals surface area contributed by atoms with Gasteiger partial charge in [0.2, 0.25) is 0 Å². The molecule has 0 spiro atoms. The largest absolute Gasteiger partial charge is 0.327 e. The van der Waals surface area contributed by atoms with Crippen LogP contribution in [0.25, 0.3) is 0 Å². The molecular weight excluding hydrogens is 226 g/mol.